The summed E-state index contributed by atoms with van der Waals surface area (Å²) in [6, 6.07) is 3.00. The molecule has 0 aliphatic heterocycles. The highest BCUT2D eigenvalue weighted by Gasteiger charge is 2.35. The van der Waals surface area contributed by atoms with Crippen molar-refractivity contribution in [3.63, 3.8) is 0 Å². The van der Waals surface area contributed by atoms with Crippen LogP contribution in [0.2, 0.25) is 0 Å². The summed E-state index contributed by atoms with van der Waals surface area (Å²) in [5.74, 6) is -1.28. The minimum Gasteiger partial charge on any atom is -0.477 e. The highest BCUT2D eigenvalue weighted by Crippen LogP contribution is 2.37. The Kier molecular flexibility index (Phi) is 3.55. The zero-order valence-corrected chi connectivity index (χ0v) is 11.1. The summed E-state index contributed by atoms with van der Waals surface area (Å²) in [6.45, 7) is 4.30. The molecule has 0 saturated heterocycles. The largest absolute Gasteiger partial charge is 0.477 e. The number of carboxylic acids is 1. The quantitative estimate of drug-likeness (QED) is 0.874. The van der Waals surface area contributed by atoms with Crippen molar-refractivity contribution < 1.29 is 14.7 Å². The van der Waals surface area contributed by atoms with Crippen molar-refractivity contribution in [3.8, 4) is 0 Å². The average molecular weight is 262 g/mol. The Hall–Kier alpha value is -1.91. The molecule has 1 heterocycles. The Bertz CT molecular complexity index is 494. The number of hydrogen-bond donors (Lipinski definition) is 2. The number of carbonyl (C=O) groups excluding carboxylic acids is 1. The SMILES string of the molecule is CC1(C)CCCC1NC(=O)c1ccc(C(=O)O)nc1. The first kappa shape index (κ1) is 13.5. The summed E-state index contributed by atoms with van der Waals surface area (Å²) in [5.41, 5.74) is 0.454. The minimum atomic E-state index is -1.09. The van der Waals surface area contributed by atoms with Crippen LogP contribution in [-0.2, 0) is 0 Å². The Morgan fingerprint density at radius 3 is 2.63 bits per heavy atom. The van der Waals surface area contributed by atoms with Gasteiger partial charge in [0.25, 0.3) is 5.91 Å². The van der Waals surface area contributed by atoms with Gasteiger partial charge in [-0.05, 0) is 30.4 Å². The molecule has 1 unspecified atom stereocenters. The van der Waals surface area contributed by atoms with Crippen LogP contribution in [0, 0.1) is 5.41 Å². The lowest BCUT2D eigenvalue weighted by atomic mass is 9.87. The molecule has 1 aliphatic rings. The molecule has 102 valence electrons. The van der Waals surface area contributed by atoms with Crippen molar-refractivity contribution in [1.82, 2.24) is 10.3 Å². The molecule has 1 fully saturated rings. The van der Waals surface area contributed by atoms with Crippen LogP contribution in [0.4, 0.5) is 0 Å². The summed E-state index contributed by atoms with van der Waals surface area (Å²) in [7, 11) is 0. The van der Waals surface area contributed by atoms with Crippen molar-refractivity contribution in [2.75, 3.05) is 0 Å². The summed E-state index contributed by atoms with van der Waals surface area (Å²) in [4.78, 5) is 26.5. The average Bonchev–Trinajstić information content (AvgIpc) is 2.69. The predicted octanol–water partition coefficient (Wildman–Crippen LogP) is 2.09. The van der Waals surface area contributed by atoms with Crippen LogP contribution in [0.15, 0.2) is 18.3 Å². The molecule has 0 aromatic carbocycles. The molecule has 1 amide bonds. The number of amides is 1. The second-order valence-electron chi connectivity index (χ2n) is 5.64. The van der Waals surface area contributed by atoms with E-state index in [-0.39, 0.29) is 23.1 Å². The molecular formula is C14H18N2O3. The van der Waals surface area contributed by atoms with E-state index in [0.29, 0.717) is 5.56 Å². The lowest BCUT2D eigenvalue weighted by Crippen LogP contribution is -2.41. The van der Waals surface area contributed by atoms with Gasteiger partial charge in [0.05, 0.1) is 5.56 Å². The molecule has 1 aliphatic carbocycles. The van der Waals surface area contributed by atoms with Crippen LogP contribution in [0.1, 0.15) is 54.0 Å². The lowest BCUT2D eigenvalue weighted by Gasteiger charge is -2.27. The smallest absolute Gasteiger partial charge is 0.354 e. The molecule has 19 heavy (non-hydrogen) atoms. The highest BCUT2D eigenvalue weighted by atomic mass is 16.4. The lowest BCUT2D eigenvalue weighted by molar-refractivity contribution is 0.0689. The molecule has 1 aromatic rings. The zero-order valence-electron chi connectivity index (χ0n) is 11.1. The third kappa shape index (κ3) is 2.92. The molecule has 0 spiro atoms. The van der Waals surface area contributed by atoms with E-state index >= 15 is 0 Å². The maximum absolute atomic E-state index is 12.1. The van der Waals surface area contributed by atoms with E-state index in [1.54, 1.807) is 0 Å². The fourth-order valence-electron chi connectivity index (χ4n) is 2.49. The summed E-state index contributed by atoms with van der Waals surface area (Å²) >= 11 is 0. The van der Waals surface area contributed by atoms with Crippen molar-refractivity contribution in [2.45, 2.75) is 39.2 Å². The number of hydrogen-bond acceptors (Lipinski definition) is 3. The number of pyridine rings is 1. The van der Waals surface area contributed by atoms with Gasteiger partial charge in [-0.25, -0.2) is 9.78 Å². The Morgan fingerprint density at radius 1 is 1.42 bits per heavy atom. The van der Waals surface area contributed by atoms with Gasteiger partial charge in [-0.3, -0.25) is 4.79 Å². The third-order valence-electron chi connectivity index (χ3n) is 3.81. The molecule has 1 saturated carbocycles. The molecule has 1 aromatic heterocycles. The van der Waals surface area contributed by atoms with Crippen molar-refractivity contribution in [2.24, 2.45) is 5.41 Å². The van der Waals surface area contributed by atoms with Gasteiger partial charge in [-0.1, -0.05) is 20.3 Å². The fraction of sp³-hybridized carbons (Fsp3) is 0.500. The summed E-state index contributed by atoms with van der Waals surface area (Å²) in [5, 5.41) is 11.8. The van der Waals surface area contributed by atoms with Crippen LogP contribution in [-0.4, -0.2) is 28.0 Å². The van der Waals surface area contributed by atoms with E-state index in [2.05, 4.69) is 24.1 Å². The Labute approximate surface area is 112 Å². The number of aromatic nitrogens is 1. The predicted molar refractivity (Wildman–Crippen MR) is 70.1 cm³/mol. The second kappa shape index (κ2) is 4.99. The van der Waals surface area contributed by atoms with E-state index in [0.717, 1.165) is 19.3 Å². The second-order valence-corrected chi connectivity index (χ2v) is 5.64. The maximum Gasteiger partial charge on any atom is 0.354 e. The Morgan fingerprint density at radius 2 is 2.16 bits per heavy atom. The molecule has 2 rings (SSSR count). The fourth-order valence-corrected chi connectivity index (χ4v) is 2.49. The third-order valence-corrected chi connectivity index (χ3v) is 3.81. The van der Waals surface area contributed by atoms with Crippen LogP contribution >= 0.6 is 0 Å². The molecule has 0 bridgehead atoms. The highest BCUT2D eigenvalue weighted by molar-refractivity contribution is 5.95. The first-order valence-corrected chi connectivity index (χ1v) is 6.40. The monoisotopic (exact) mass is 262 g/mol. The summed E-state index contributed by atoms with van der Waals surface area (Å²) < 4.78 is 0. The van der Waals surface area contributed by atoms with Gasteiger partial charge >= 0.3 is 5.97 Å². The van der Waals surface area contributed by atoms with Gasteiger partial charge in [-0.2, -0.15) is 0 Å². The first-order valence-electron chi connectivity index (χ1n) is 6.40. The van der Waals surface area contributed by atoms with E-state index in [4.69, 9.17) is 5.11 Å². The molecular weight excluding hydrogens is 244 g/mol. The van der Waals surface area contributed by atoms with Crippen LogP contribution < -0.4 is 5.32 Å². The number of aromatic carboxylic acids is 1. The zero-order chi connectivity index (χ0) is 14.0. The van der Waals surface area contributed by atoms with Crippen molar-refractivity contribution in [3.05, 3.63) is 29.6 Å². The van der Waals surface area contributed by atoms with Crippen molar-refractivity contribution in [1.29, 1.82) is 0 Å². The molecule has 5 nitrogen and oxygen atoms in total. The minimum absolute atomic E-state index is 0.0576. The molecule has 2 N–H and O–H groups in total. The maximum atomic E-state index is 12.1. The van der Waals surface area contributed by atoms with Crippen LogP contribution in [0.3, 0.4) is 0 Å². The van der Waals surface area contributed by atoms with E-state index in [9.17, 15) is 9.59 Å². The van der Waals surface area contributed by atoms with Crippen LogP contribution in [0.5, 0.6) is 0 Å². The summed E-state index contributed by atoms with van der Waals surface area (Å²) in [6.07, 6.45) is 4.52. The van der Waals surface area contributed by atoms with E-state index in [1.807, 2.05) is 0 Å². The first-order chi connectivity index (χ1) is 8.90. The number of carboxylic acid groups (broad SMARTS) is 1. The topological polar surface area (TPSA) is 79.3 Å². The number of rotatable bonds is 3. The van der Waals surface area contributed by atoms with Crippen molar-refractivity contribution >= 4 is 11.9 Å². The standard InChI is InChI=1S/C14H18N2O3/c1-14(2)7-3-4-11(14)16-12(17)9-5-6-10(13(18)19)15-8-9/h5-6,8,11H,3-4,7H2,1-2H3,(H,16,17)(H,18,19). The normalized spacial score (nSPS) is 21.1. The van der Waals surface area contributed by atoms with Gasteiger partial charge < -0.3 is 10.4 Å². The van der Waals surface area contributed by atoms with E-state index in [1.165, 1.54) is 18.3 Å². The number of nitrogens with zero attached hydrogens (tertiary/aromatic N) is 1. The molecule has 5 heteroatoms. The number of nitrogens with one attached hydrogen (secondary N) is 1. The van der Waals surface area contributed by atoms with Gasteiger partial charge in [0.15, 0.2) is 0 Å². The Balaban J connectivity index is 2.06. The molecule has 0 radical (unpaired) electrons. The van der Waals surface area contributed by atoms with Gasteiger partial charge in [-0.15, -0.1) is 0 Å². The van der Waals surface area contributed by atoms with Crippen LogP contribution in [0.25, 0.3) is 0 Å². The van der Waals surface area contributed by atoms with E-state index < -0.39 is 5.97 Å². The number of carbonyl (C=O) groups is 2. The molecule has 1 atom stereocenters. The van der Waals surface area contributed by atoms with Gasteiger partial charge in [0, 0.05) is 12.2 Å². The van der Waals surface area contributed by atoms with Gasteiger partial charge in [0.2, 0.25) is 0 Å². The van der Waals surface area contributed by atoms with Gasteiger partial charge in [0.1, 0.15) is 5.69 Å².